The minimum Gasteiger partial charge on any atom is -0.376 e. The summed E-state index contributed by atoms with van der Waals surface area (Å²) in [6, 6.07) is 10.9. The van der Waals surface area contributed by atoms with Crippen LogP contribution in [0.4, 0.5) is 11.5 Å². The quantitative estimate of drug-likeness (QED) is 0.836. The number of anilines is 2. The van der Waals surface area contributed by atoms with Gasteiger partial charge >= 0.3 is 0 Å². The van der Waals surface area contributed by atoms with Crippen molar-refractivity contribution in [3.8, 4) is 0 Å². The van der Waals surface area contributed by atoms with E-state index in [0.717, 1.165) is 29.6 Å². The number of benzene rings is 1. The van der Waals surface area contributed by atoms with Crippen LogP contribution in [0.5, 0.6) is 0 Å². The van der Waals surface area contributed by atoms with Gasteiger partial charge in [0.05, 0.1) is 6.10 Å². The van der Waals surface area contributed by atoms with Crippen molar-refractivity contribution in [2.45, 2.75) is 18.9 Å². The fraction of sp³-hybridized carbons (Fsp3) is 0.294. The molecular formula is C17H18BrN3O2. The number of hydrogen-bond acceptors (Lipinski definition) is 4. The number of nitrogens with zero attached hydrogens (tertiary/aromatic N) is 1. The van der Waals surface area contributed by atoms with Crippen molar-refractivity contribution < 1.29 is 9.53 Å². The largest absolute Gasteiger partial charge is 0.376 e. The zero-order valence-corrected chi connectivity index (χ0v) is 14.2. The summed E-state index contributed by atoms with van der Waals surface area (Å²) in [5.41, 5.74) is 1.31. The Hall–Kier alpha value is -1.92. The van der Waals surface area contributed by atoms with E-state index in [1.165, 1.54) is 0 Å². The lowest BCUT2D eigenvalue weighted by molar-refractivity contribution is 0.102. The molecule has 3 rings (SSSR count). The number of hydrogen-bond donors (Lipinski definition) is 2. The van der Waals surface area contributed by atoms with Crippen LogP contribution in [0.2, 0.25) is 0 Å². The lowest BCUT2D eigenvalue weighted by Gasteiger charge is -2.12. The van der Waals surface area contributed by atoms with Crippen molar-refractivity contribution in [3.05, 3.63) is 52.6 Å². The normalized spacial score (nSPS) is 17.0. The van der Waals surface area contributed by atoms with E-state index in [1.54, 1.807) is 18.3 Å². The van der Waals surface area contributed by atoms with E-state index in [-0.39, 0.29) is 12.0 Å². The van der Waals surface area contributed by atoms with Crippen LogP contribution in [0, 0.1) is 0 Å². The van der Waals surface area contributed by atoms with Crippen molar-refractivity contribution in [1.82, 2.24) is 4.98 Å². The van der Waals surface area contributed by atoms with Crippen molar-refractivity contribution in [3.63, 3.8) is 0 Å². The molecule has 0 saturated carbocycles. The van der Waals surface area contributed by atoms with E-state index in [4.69, 9.17) is 4.74 Å². The van der Waals surface area contributed by atoms with Crippen LogP contribution in [-0.4, -0.2) is 30.1 Å². The van der Waals surface area contributed by atoms with Crippen molar-refractivity contribution in [1.29, 1.82) is 0 Å². The Labute approximate surface area is 143 Å². The van der Waals surface area contributed by atoms with Gasteiger partial charge in [-0.05, 0) is 43.2 Å². The Balaban J connectivity index is 1.62. The van der Waals surface area contributed by atoms with Crippen molar-refractivity contribution in [2.75, 3.05) is 23.8 Å². The summed E-state index contributed by atoms with van der Waals surface area (Å²) < 4.78 is 6.49. The molecule has 1 aromatic carbocycles. The summed E-state index contributed by atoms with van der Waals surface area (Å²) in [4.78, 5) is 16.6. The molecule has 120 valence electrons. The third kappa shape index (κ3) is 4.53. The number of carbonyl (C=O) groups is 1. The zero-order chi connectivity index (χ0) is 16.1. The predicted octanol–water partition coefficient (Wildman–Crippen LogP) is 3.69. The fourth-order valence-electron chi connectivity index (χ4n) is 2.46. The van der Waals surface area contributed by atoms with Gasteiger partial charge in [-0.2, -0.15) is 0 Å². The van der Waals surface area contributed by atoms with Crippen LogP contribution < -0.4 is 10.6 Å². The molecule has 1 atom stereocenters. The highest BCUT2D eigenvalue weighted by Crippen LogP contribution is 2.17. The number of carbonyl (C=O) groups excluding carboxylic acids is 1. The second kappa shape index (κ2) is 7.57. The molecule has 1 saturated heterocycles. The van der Waals surface area contributed by atoms with Crippen molar-refractivity contribution in [2.24, 2.45) is 0 Å². The first-order chi connectivity index (χ1) is 11.2. The van der Waals surface area contributed by atoms with E-state index in [9.17, 15) is 4.79 Å². The summed E-state index contributed by atoms with van der Waals surface area (Å²) in [5.74, 6) is 0.521. The molecule has 1 aliphatic heterocycles. The van der Waals surface area contributed by atoms with E-state index >= 15 is 0 Å². The van der Waals surface area contributed by atoms with Gasteiger partial charge in [-0.25, -0.2) is 4.98 Å². The van der Waals surface area contributed by atoms with Gasteiger partial charge in [0.2, 0.25) is 0 Å². The molecule has 2 N–H and O–H groups in total. The van der Waals surface area contributed by atoms with Gasteiger partial charge in [0.25, 0.3) is 5.91 Å². The standard InChI is InChI=1S/C17H18BrN3O2/c18-13-3-1-4-14(10-13)21-17(22)12-6-7-19-16(9-12)20-11-15-5-2-8-23-15/h1,3-4,6-7,9-10,15H,2,5,8,11H2,(H,19,20)(H,21,22). The molecule has 0 bridgehead atoms. The van der Waals surface area contributed by atoms with Crippen LogP contribution in [-0.2, 0) is 4.74 Å². The second-order valence-corrected chi connectivity index (χ2v) is 6.33. The number of rotatable bonds is 5. The minimum absolute atomic E-state index is 0.161. The van der Waals surface area contributed by atoms with Gasteiger partial charge in [-0.15, -0.1) is 0 Å². The highest BCUT2D eigenvalue weighted by Gasteiger charge is 2.15. The number of aromatic nitrogens is 1. The number of halogens is 1. The molecule has 1 aliphatic rings. The summed E-state index contributed by atoms with van der Waals surface area (Å²) in [7, 11) is 0. The van der Waals surface area contributed by atoms with E-state index in [1.807, 2.05) is 24.3 Å². The number of ether oxygens (including phenoxy) is 1. The molecule has 2 aromatic rings. The average Bonchev–Trinajstić information content (AvgIpc) is 3.07. The maximum atomic E-state index is 12.3. The molecule has 5 nitrogen and oxygen atoms in total. The maximum Gasteiger partial charge on any atom is 0.255 e. The Morgan fingerprint density at radius 3 is 3.04 bits per heavy atom. The molecular weight excluding hydrogens is 358 g/mol. The van der Waals surface area contributed by atoms with Gasteiger partial charge in [0.15, 0.2) is 0 Å². The first kappa shape index (κ1) is 16.0. The van der Waals surface area contributed by atoms with Gasteiger partial charge < -0.3 is 15.4 Å². The average molecular weight is 376 g/mol. The highest BCUT2D eigenvalue weighted by molar-refractivity contribution is 9.10. The summed E-state index contributed by atoms with van der Waals surface area (Å²) in [6.07, 6.45) is 4.04. The Morgan fingerprint density at radius 1 is 1.35 bits per heavy atom. The van der Waals surface area contributed by atoms with E-state index < -0.39 is 0 Å². The Kier molecular flexibility index (Phi) is 5.25. The van der Waals surface area contributed by atoms with Crippen LogP contribution in [0.3, 0.4) is 0 Å². The second-order valence-electron chi connectivity index (χ2n) is 5.41. The van der Waals surface area contributed by atoms with Gasteiger partial charge in [-0.3, -0.25) is 4.79 Å². The van der Waals surface area contributed by atoms with Gasteiger partial charge in [0.1, 0.15) is 5.82 Å². The fourth-order valence-corrected chi connectivity index (χ4v) is 2.86. The number of nitrogens with one attached hydrogen (secondary N) is 2. The molecule has 1 fully saturated rings. The molecule has 6 heteroatoms. The first-order valence-corrected chi connectivity index (χ1v) is 8.38. The van der Waals surface area contributed by atoms with Gasteiger partial charge in [-0.1, -0.05) is 22.0 Å². The molecule has 0 radical (unpaired) electrons. The maximum absolute atomic E-state index is 12.3. The lowest BCUT2D eigenvalue weighted by Crippen LogP contribution is -2.19. The van der Waals surface area contributed by atoms with E-state index in [0.29, 0.717) is 17.9 Å². The number of amides is 1. The molecule has 1 amide bonds. The minimum atomic E-state index is -0.161. The topological polar surface area (TPSA) is 63.2 Å². The van der Waals surface area contributed by atoms with Crippen LogP contribution in [0.25, 0.3) is 0 Å². The van der Waals surface area contributed by atoms with Crippen LogP contribution in [0.1, 0.15) is 23.2 Å². The SMILES string of the molecule is O=C(Nc1cccc(Br)c1)c1ccnc(NCC2CCCO2)c1. The summed E-state index contributed by atoms with van der Waals surface area (Å²) in [6.45, 7) is 1.54. The van der Waals surface area contributed by atoms with E-state index in [2.05, 4.69) is 31.5 Å². The van der Waals surface area contributed by atoms with Crippen LogP contribution >= 0.6 is 15.9 Å². The molecule has 23 heavy (non-hydrogen) atoms. The molecule has 1 aromatic heterocycles. The molecule has 2 heterocycles. The van der Waals surface area contributed by atoms with Gasteiger partial charge in [0, 0.05) is 35.1 Å². The monoisotopic (exact) mass is 375 g/mol. The Bertz CT molecular complexity index is 687. The predicted molar refractivity (Wildman–Crippen MR) is 93.8 cm³/mol. The number of pyridine rings is 1. The zero-order valence-electron chi connectivity index (χ0n) is 12.6. The summed E-state index contributed by atoms with van der Waals surface area (Å²) >= 11 is 3.39. The molecule has 0 spiro atoms. The van der Waals surface area contributed by atoms with Crippen molar-refractivity contribution >= 4 is 33.3 Å². The van der Waals surface area contributed by atoms with Crippen LogP contribution in [0.15, 0.2) is 47.1 Å². The highest BCUT2D eigenvalue weighted by atomic mass is 79.9. The molecule has 1 unspecified atom stereocenters. The smallest absolute Gasteiger partial charge is 0.255 e. The molecule has 0 aliphatic carbocycles. The third-order valence-corrected chi connectivity index (χ3v) is 4.13. The third-order valence-electron chi connectivity index (χ3n) is 3.64. The Morgan fingerprint density at radius 2 is 2.26 bits per heavy atom. The lowest BCUT2D eigenvalue weighted by atomic mass is 10.2. The summed E-state index contributed by atoms with van der Waals surface area (Å²) in [5, 5.41) is 6.11. The first-order valence-electron chi connectivity index (χ1n) is 7.59.